The first-order valence-electron chi connectivity index (χ1n) is 8.35. The maximum absolute atomic E-state index is 12.9. The van der Waals surface area contributed by atoms with Gasteiger partial charge in [0.1, 0.15) is 0 Å². The predicted octanol–water partition coefficient (Wildman–Crippen LogP) is 4.68. The monoisotopic (exact) mass is 275 g/mol. The van der Waals surface area contributed by atoms with Gasteiger partial charge in [-0.05, 0) is 44.1 Å². The summed E-state index contributed by atoms with van der Waals surface area (Å²) in [5.41, 5.74) is 1.24. The number of carbonyl (C=O) groups is 1. The summed E-state index contributed by atoms with van der Waals surface area (Å²) in [4.78, 5) is 15.0. The number of amides is 1. The molecule has 0 N–H and O–H groups in total. The number of rotatable bonds is 5. The van der Waals surface area contributed by atoms with Gasteiger partial charge in [-0.3, -0.25) is 4.79 Å². The second kappa shape index (κ2) is 7.66. The van der Waals surface area contributed by atoms with E-state index in [-0.39, 0.29) is 5.92 Å². The fourth-order valence-corrected chi connectivity index (χ4v) is 3.17. The minimum atomic E-state index is 0.280. The minimum Gasteiger partial charge on any atom is -0.316 e. The van der Waals surface area contributed by atoms with Crippen molar-refractivity contribution in [2.24, 2.45) is 11.8 Å². The molecule has 20 heavy (non-hydrogen) atoms. The van der Waals surface area contributed by atoms with Crippen LogP contribution in [0.1, 0.15) is 65.2 Å². The maximum Gasteiger partial charge on any atom is 0.229 e. The SMILES string of the molecule is CC(C)CCN(C(=O)C1CCCCC1)C1=CC=CCC1. The number of hydrogen-bond donors (Lipinski definition) is 0. The average Bonchev–Trinajstić information content (AvgIpc) is 2.49. The molecule has 0 aliphatic heterocycles. The Bertz CT molecular complexity index is 375. The average molecular weight is 275 g/mol. The highest BCUT2D eigenvalue weighted by Gasteiger charge is 2.27. The van der Waals surface area contributed by atoms with Crippen LogP contribution in [0.5, 0.6) is 0 Å². The summed E-state index contributed by atoms with van der Waals surface area (Å²) in [5.74, 6) is 1.33. The van der Waals surface area contributed by atoms with Gasteiger partial charge in [-0.2, -0.15) is 0 Å². The lowest BCUT2D eigenvalue weighted by molar-refractivity contribution is -0.134. The van der Waals surface area contributed by atoms with Crippen LogP contribution >= 0.6 is 0 Å². The van der Waals surface area contributed by atoms with Crippen molar-refractivity contribution in [3.8, 4) is 0 Å². The van der Waals surface area contributed by atoms with E-state index in [1.54, 1.807) is 0 Å². The molecule has 1 fully saturated rings. The molecule has 112 valence electrons. The van der Waals surface area contributed by atoms with Crippen LogP contribution < -0.4 is 0 Å². The maximum atomic E-state index is 12.9. The van der Waals surface area contributed by atoms with Crippen LogP contribution in [-0.4, -0.2) is 17.4 Å². The van der Waals surface area contributed by atoms with E-state index in [0.717, 1.165) is 38.6 Å². The molecule has 0 aromatic carbocycles. The molecule has 0 bridgehead atoms. The van der Waals surface area contributed by atoms with Crippen LogP contribution in [0.3, 0.4) is 0 Å². The molecule has 2 aliphatic rings. The molecule has 2 heteroatoms. The van der Waals surface area contributed by atoms with Crippen molar-refractivity contribution in [1.82, 2.24) is 4.90 Å². The van der Waals surface area contributed by atoms with Crippen molar-refractivity contribution in [1.29, 1.82) is 0 Å². The van der Waals surface area contributed by atoms with Crippen LogP contribution in [0.2, 0.25) is 0 Å². The zero-order valence-corrected chi connectivity index (χ0v) is 13.1. The molecule has 0 saturated heterocycles. The Morgan fingerprint density at radius 1 is 1.30 bits per heavy atom. The van der Waals surface area contributed by atoms with E-state index in [1.807, 2.05) is 0 Å². The largest absolute Gasteiger partial charge is 0.316 e. The van der Waals surface area contributed by atoms with Gasteiger partial charge < -0.3 is 4.90 Å². The molecule has 2 nitrogen and oxygen atoms in total. The predicted molar refractivity (Wildman–Crippen MR) is 84.2 cm³/mol. The highest BCUT2D eigenvalue weighted by atomic mass is 16.2. The van der Waals surface area contributed by atoms with Crippen molar-refractivity contribution in [2.75, 3.05) is 6.54 Å². The summed E-state index contributed by atoms with van der Waals surface area (Å²) in [6, 6.07) is 0. The smallest absolute Gasteiger partial charge is 0.229 e. The lowest BCUT2D eigenvalue weighted by Gasteiger charge is -2.32. The zero-order valence-electron chi connectivity index (χ0n) is 13.1. The van der Waals surface area contributed by atoms with E-state index in [2.05, 4.69) is 37.0 Å². The highest BCUT2D eigenvalue weighted by molar-refractivity contribution is 5.80. The number of carbonyl (C=O) groups excluding carboxylic acids is 1. The molecule has 0 aromatic heterocycles. The van der Waals surface area contributed by atoms with Gasteiger partial charge in [0, 0.05) is 18.2 Å². The van der Waals surface area contributed by atoms with E-state index in [0.29, 0.717) is 11.8 Å². The van der Waals surface area contributed by atoms with Crippen LogP contribution in [0, 0.1) is 11.8 Å². The third-order valence-electron chi connectivity index (χ3n) is 4.49. The van der Waals surface area contributed by atoms with Crippen molar-refractivity contribution in [3.05, 3.63) is 23.9 Å². The zero-order chi connectivity index (χ0) is 14.4. The van der Waals surface area contributed by atoms with Crippen molar-refractivity contribution < 1.29 is 4.79 Å². The second-order valence-electron chi connectivity index (χ2n) is 6.63. The van der Waals surface area contributed by atoms with Gasteiger partial charge >= 0.3 is 0 Å². The quantitative estimate of drug-likeness (QED) is 0.713. The Morgan fingerprint density at radius 3 is 2.65 bits per heavy atom. The highest BCUT2D eigenvalue weighted by Crippen LogP contribution is 2.28. The van der Waals surface area contributed by atoms with Gasteiger partial charge in [0.2, 0.25) is 5.91 Å². The van der Waals surface area contributed by atoms with Gasteiger partial charge in [0.25, 0.3) is 0 Å². The standard InChI is InChI=1S/C18H29NO/c1-15(2)13-14-19(17-11-7-4-8-12-17)18(20)16-9-5-3-6-10-16/h4,7,11,15-16H,3,5-6,8-10,12-14H2,1-2H3. The summed E-state index contributed by atoms with van der Waals surface area (Å²) in [6.07, 6.45) is 15.6. The number of allylic oxidation sites excluding steroid dienone is 4. The van der Waals surface area contributed by atoms with Crippen LogP contribution in [0.15, 0.2) is 23.9 Å². The molecule has 2 rings (SSSR count). The molecule has 0 aromatic rings. The fraction of sp³-hybridized carbons (Fsp3) is 0.722. The van der Waals surface area contributed by atoms with Gasteiger partial charge in [-0.25, -0.2) is 0 Å². The van der Waals surface area contributed by atoms with Crippen LogP contribution in [0.4, 0.5) is 0 Å². The molecular weight excluding hydrogens is 246 g/mol. The van der Waals surface area contributed by atoms with E-state index < -0.39 is 0 Å². The van der Waals surface area contributed by atoms with Gasteiger partial charge in [-0.15, -0.1) is 0 Å². The Morgan fingerprint density at radius 2 is 2.05 bits per heavy atom. The Balaban J connectivity index is 2.05. The van der Waals surface area contributed by atoms with Crippen LogP contribution in [0.25, 0.3) is 0 Å². The van der Waals surface area contributed by atoms with E-state index in [1.165, 1.54) is 25.0 Å². The Hall–Kier alpha value is -1.05. The van der Waals surface area contributed by atoms with E-state index in [9.17, 15) is 4.79 Å². The van der Waals surface area contributed by atoms with Crippen molar-refractivity contribution >= 4 is 5.91 Å². The Kier molecular flexibility index (Phi) is 5.87. The topological polar surface area (TPSA) is 20.3 Å². The minimum absolute atomic E-state index is 0.280. The number of hydrogen-bond acceptors (Lipinski definition) is 1. The normalized spacial score (nSPS) is 20.1. The van der Waals surface area contributed by atoms with Gasteiger partial charge in [-0.1, -0.05) is 45.3 Å². The number of nitrogens with zero attached hydrogens (tertiary/aromatic N) is 1. The first-order chi connectivity index (χ1) is 9.68. The molecule has 0 atom stereocenters. The van der Waals surface area contributed by atoms with Crippen LogP contribution in [-0.2, 0) is 4.79 Å². The summed E-state index contributed by atoms with van der Waals surface area (Å²) in [5, 5.41) is 0. The fourth-order valence-electron chi connectivity index (χ4n) is 3.17. The summed E-state index contributed by atoms with van der Waals surface area (Å²) in [7, 11) is 0. The summed E-state index contributed by atoms with van der Waals surface area (Å²) in [6.45, 7) is 5.36. The third kappa shape index (κ3) is 4.22. The van der Waals surface area contributed by atoms with Crippen molar-refractivity contribution in [3.63, 3.8) is 0 Å². The third-order valence-corrected chi connectivity index (χ3v) is 4.49. The molecule has 0 unspecified atom stereocenters. The summed E-state index contributed by atoms with van der Waals surface area (Å²) < 4.78 is 0. The lowest BCUT2D eigenvalue weighted by Crippen LogP contribution is -2.37. The van der Waals surface area contributed by atoms with E-state index in [4.69, 9.17) is 0 Å². The molecule has 2 aliphatic carbocycles. The van der Waals surface area contributed by atoms with E-state index >= 15 is 0 Å². The first kappa shape index (κ1) is 15.3. The molecule has 0 heterocycles. The molecule has 0 radical (unpaired) electrons. The molecular formula is C18H29NO. The molecule has 0 spiro atoms. The first-order valence-corrected chi connectivity index (χ1v) is 8.35. The van der Waals surface area contributed by atoms with Crippen molar-refractivity contribution in [2.45, 2.75) is 65.2 Å². The van der Waals surface area contributed by atoms with Gasteiger partial charge in [0.05, 0.1) is 0 Å². The molecule has 1 saturated carbocycles. The lowest BCUT2D eigenvalue weighted by atomic mass is 9.87. The second-order valence-corrected chi connectivity index (χ2v) is 6.63. The summed E-state index contributed by atoms with van der Waals surface area (Å²) >= 11 is 0. The molecule has 1 amide bonds. The van der Waals surface area contributed by atoms with Gasteiger partial charge in [0.15, 0.2) is 0 Å². The Labute approximate surface area is 123 Å².